The number of nitrogens with zero attached hydrogens (tertiary/aromatic N) is 1. The zero-order valence-electron chi connectivity index (χ0n) is 18.6. The standard InChI is InChI=1S/C23H30N4O5.ClH/c28-20(6-1-2-13-32-15-9-11-24-12-10-15)25-18-5-3-4-16-17(18)14-27(23(16)31)19-7-8-21(29)26-22(19)30;/h3-5,15,19,24H,1-2,6-14H2,(H,25,28)(H,26,29,30);1H. The number of anilines is 1. The maximum absolute atomic E-state index is 12.9. The average Bonchev–Trinajstić information content (AvgIpc) is 3.12. The van der Waals surface area contributed by atoms with Crippen LogP contribution in [0.5, 0.6) is 0 Å². The quantitative estimate of drug-likeness (QED) is 0.387. The molecular formula is C23H31ClN4O5. The van der Waals surface area contributed by atoms with E-state index in [-0.39, 0.29) is 43.1 Å². The Balaban J connectivity index is 0.00000306. The third-order valence-electron chi connectivity index (χ3n) is 6.29. The Morgan fingerprint density at radius 2 is 1.91 bits per heavy atom. The highest BCUT2D eigenvalue weighted by atomic mass is 35.5. The van der Waals surface area contributed by atoms with Crippen LogP contribution in [0.3, 0.4) is 0 Å². The number of hydrogen-bond donors (Lipinski definition) is 3. The van der Waals surface area contributed by atoms with Crippen LogP contribution in [0.1, 0.15) is 60.9 Å². The minimum atomic E-state index is -0.670. The summed E-state index contributed by atoms with van der Waals surface area (Å²) in [6.07, 6.45) is 4.85. The first kappa shape index (κ1) is 25.1. The van der Waals surface area contributed by atoms with Gasteiger partial charge in [-0.2, -0.15) is 0 Å². The molecule has 3 aliphatic rings. The lowest BCUT2D eigenvalue weighted by molar-refractivity contribution is -0.137. The van der Waals surface area contributed by atoms with E-state index in [2.05, 4.69) is 16.0 Å². The molecule has 1 aromatic rings. The zero-order chi connectivity index (χ0) is 22.5. The number of amides is 4. The van der Waals surface area contributed by atoms with Gasteiger partial charge in [-0.05, 0) is 57.3 Å². The largest absolute Gasteiger partial charge is 0.378 e. The summed E-state index contributed by atoms with van der Waals surface area (Å²) in [5, 5.41) is 8.53. The Labute approximate surface area is 199 Å². The molecule has 0 bridgehead atoms. The Kier molecular flexibility index (Phi) is 8.82. The lowest BCUT2D eigenvalue weighted by Gasteiger charge is -2.29. The van der Waals surface area contributed by atoms with Crippen molar-refractivity contribution >= 4 is 41.7 Å². The highest BCUT2D eigenvalue weighted by Crippen LogP contribution is 2.32. The van der Waals surface area contributed by atoms with Crippen molar-refractivity contribution in [3.05, 3.63) is 29.3 Å². The molecule has 180 valence electrons. The SMILES string of the molecule is Cl.O=C1CCC(N2Cc3c(NC(=O)CCCCOC4CCNCC4)cccc3C2=O)C(=O)N1. The number of rotatable bonds is 8. The Morgan fingerprint density at radius 3 is 2.67 bits per heavy atom. The summed E-state index contributed by atoms with van der Waals surface area (Å²) in [5.74, 6) is -1.11. The van der Waals surface area contributed by atoms with E-state index in [1.165, 1.54) is 4.90 Å². The van der Waals surface area contributed by atoms with Gasteiger partial charge < -0.3 is 20.3 Å². The molecule has 3 heterocycles. The molecule has 1 aromatic carbocycles. The van der Waals surface area contributed by atoms with E-state index in [4.69, 9.17) is 4.74 Å². The predicted octanol–water partition coefficient (Wildman–Crippen LogP) is 1.75. The summed E-state index contributed by atoms with van der Waals surface area (Å²) >= 11 is 0. The number of unbranched alkanes of at least 4 members (excludes halogenated alkanes) is 1. The molecule has 3 N–H and O–H groups in total. The molecule has 1 atom stereocenters. The first-order valence-corrected chi connectivity index (χ1v) is 11.4. The maximum Gasteiger partial charge on any atom is 0.255 e. The van der Waals surface area contributed by atoms with Crippen molar-refractivity contribution in [1.82, 2.24) is 15.5 Å². The first-order valence-electron chi connectivity index (χ1n) is 11.4. The number of benzene rings is 1. The van der Waals surface area contributed by atoms with E-state index < -0.39 is 11.9 Å². The Morgan fingerprint density at radius 1 is 1.12 bits per heavy atom. The molecule has 4 rings (SSSR count). The number of ether oxygens (including phenoxy) is 1. The van der Waals surface area contributed by atoms with Crippen molar-refractivity contribution in [2.75, 3.05) is 25.0 Å². The summed E-state index contributed by atoms with van der Waals surface area (Å²) in [7, 11) is 0. The van der Waals surface area contributed by atoms with Crippen molar-refractivity contribution in [2.45, 2.75) is 63.6 Å². The molecule has 0 aromatic heterocycles. The van der Waals surface area contributed by atoms with Crippen LogP contribution in [0.25, 0.3) is 0 Å². The maximum atomic E-state index is 12.9. The molecule has 4 amide bonds. The van der Waals surface area contributed by atoms with E-state index in [1.807, 2.05) is 0 Å². The van der Waals surface area contributed by atoms with E-state index in [9.17, 15) is 19.2 Å². The van der Waals surface area contributed by atoms with Gasteiger partial charge in [-0.1, -0.05) is 6.07 Å². The fourth-order valence-corrected chi connectivity index (χ4v) is 4.52. The minimum absolute atomic E-state index is 0. The predicted molar refractivity (Wildman–Crippen MR) is 124 cm³/mol. The third kappa shape index (κ3) is 6.10. The molecule has 2 saturated heterocycles. The van der Waals surface area contributed by atoms with Gasteiger partial charge in [-0.25, -0.2) is 0 Å². The number of halogens is 1. The molecule has 0 saturated carbocycles. The van der Waals surface area contributed by atoms with Gasteiger partial charge >= 0.3 is 0 Å². The molecule has 0 aliphatic carbocycles. The molecule has 9 nitrogen and oxygen atoms in total. The van der Waals surface area contributed by atoms with Gasteiger partial charge in [-0.15, -0.1) is 12.4 Å². The number of fused-ring (bicyclic) bond motifs is 1. The Hall–Kier alpha value is -2.49. The second-order valence-corrected chi connectivity index (χ2v) is 8.56. The number of imide groups is 1. The second-order valence-electron chi connectivity index (χ2n) is 8.56. The number of carbonyl (C=O) groups is 4. The van der Waals surface area contributed by atoms with Crippen LogP contribution in [0.2, 0.25) is 0 Å². The first-order chi connectivity index (χ1) is 15.5. The minimum Gasteiger partial charge on any atom is -0.378 e. The Bertz CT molecular complexity index is 903. The van der Waals surface area contributed by atoms with Crippen LogP contribution in [-0.4, -0.2) is 60.4 Å². The average molecular weight is 479 g/mol. The summed E-state index contributed by atoms with van der Waals surface area (Å²) in [4.78, 5) is 50.5. The highest BCUT2D eigenvalue weighted by Gasteiger charge is 2.39. The van der Waals surface area contributed by atoms with Crippen molar-refractivity contribution in [2.24, 2.45) is 0 Å². The number of hydrogen-bond acceptors (Lipinski definition) is 6. The normalized spacial score (nSPS) is 20.8. The molecule has 33 heavy (non-hydrogen) atoms. The number of carbonyl (C=O) groups excluding carboxylic acids is 4. The van der Waals surface area contributed by atoms with Crippen LogP contribution in [0.4, 0.5) is 5.69 Å². The van der Waals surface area contributed by atoms with Gasteiger partial charge in [0.05, 0.1) is 6.10 Å². The topological polar surface area (TPSA) is 117 Å². The number of piperidine rings is 2. The van der Waals surface area contributed by atoms with Crippen molar-refractivity contribution in [3.8, 4) is 0 Å². The molecule has 1 unspecified atom stereocenters. The summed E-state index contributed by atoms with van der Waals surface area (Å²) in [6, 6.07) is 4.54. The second kappa shape index (κ2) is 11.6. The summed E-state index contributed by atoms with van der Waals surface area (Å²) < 4.78 is 5.87. The molecule has 0 radical (unpaired) electrons. The summed E-state index contributed by atoms with van der Waals surface area (Å²) in [5.41, 5.74) is 1.80. The summed E-state index contributed by atoms with van der Waals surface area (Å²) in [6.45, 7) is 2.89. The van der Waals surface area contributed by atoms with Crippen molar-refractivity contribution in [3.63, 3.8) is 0 Å². The van der Waals surface area contributed by atoms with Crippen LogP contribution in [-0.2, 0) is 25.7 Å². The van der Waals surface area contributed by atoms with Crippen LogP contribution >= 0.6 is 12.4 Å². The molecule has 10 heteroatoms. The van der Waals surface area contributed by atoms with Gasteiger partial charge in [0.15, 0.2) is 0 Å². The number of nitrogens with one attached hydrogen (secondary N) is 3. The van der Waals surface area contributed by atoms with E-state index in [0.29, 0.717) is 42.4 Å². The van der Waals surface area contributed by atoms with Crippen LogP contribution < -0.4 is 16.0 Å². The van der Waals surface area contributed by atoms with Gasteiger partial charge in [0.1, 0.15) is 6.04 Å². The van der Waals surface area contributed by atoms with Gasteiger partial charge in [-0.3, -0.25) is 24.5 Å². The third-order valence-corrected chi connectivity index (χ3v) is 6.29. The van der Waals surface area contributed by atoms with Gasteiger partial charge in [0, 0.05) is 42.8 Å². The van der Waals surface area contributed by atoms with E-state index >= 15 is 0 Å². The fraction of sp³-hybridized carbons (Fsp3) is 0.565. The molecule has 3 aliphatic heterocycles. The van der Waals surface area contributed by atoms with E-state index in [1.54, 1.807) is 18.2 Å². The molecule has 0 spiro atoms. The molecular weight excluding hydrogens is 448 g/mol. The smallest absolute Gasteiger partial charge is 0.255 e. The van der Waals surface area contributed by atoms with Crippen molar-refractivity contribution < 1.29 is 23.9 Å². The lowest BCUT2D eigenvalue weighted by atomic mass is 10.0. The molecule has 2 fully saturated rings. The van der Waals surface area contributed by atoms with Crippen LogP contribution in [0.15, 0.2) is 18.2 Å². The zero-order valence-corrected chi connectivity index (χ0v) is 19.4. The van der Waals surface area contributed by atoms with Crippen LogP contribution in [0, 0.1) is 0 Å². The van der Waals surface area contributed by atoms with Gasteiger partial charge in [0.2, 0.25) is 17.7 Å². The van der Waals surface area contributed by atoms with Crippen molar-refractivity contribution in [1.29, 1.82) is 0 Å². The highest BCUT2D eigenvalue weighted by molar-refractivity contribution is 6.06. The van der Waals surface area contributed by atoms with E-state index in [0.717, 1.165) is 38.8 Å². The lowest BCUT2D eigenvalue weighted by Crippen LogP contribution is -2.52. The fourth-order valence-electron chi connectivity index (χ4n) is 4.52. The monoisotopic (exact) mass is 478 g/mol. The van der Waals surface area contributed by atoms with Gasteiger partial charge in [0.25, 0.3) is 5.91 Å².